The first kappa shape index (κ1) is 15.8. The van der Waals surface area contributed by atoms with Crippen molar-refractivity contribution in [3.8, 4) is 0 Å². The fraction of sp³-hybridized carbons (Fsp3) is 0.889. The summed E-state index contributed by atoms with van der Waals surface area (Å²) < 4.78 is 0. The molecule has 18 heavy (non-hydrogen) atoms. The summed E-state index contributed by atoms with van der Waals surface area (Å²) in [6.07, 6.45) is 19.1. The van der Waals surface area contributed by atoms with Crippen molar-refractivity contribution in [3.05, 3.63) is 12.2 Å². The Balaban J connectivity index is 1.98. The molecule has 0 saturated heterocycles. The van der Waals surface area contributed by atoms with E-state index in [1.807, 2.05) is 0 Å². The molecule has 0 aromatic heterocycles. The lowest BCUT2D eigenvalue weighted by molar-refractivity contribution is 0.359. The van der Waals surface area contributed by atoms with Crippen molar-refractivity contribution in [1.29, 1.82) is 0 Å². The summed E-state index contributed by atoms with van der Waals surface area (Å²) in [5.41, 5.74) is 0. The third-order valence-electron chi connectivity index (χ3n) is 4.77. The predicted molar refractivity (Wildman–Crippen MR) is 82.8 cm³/mol. The van der Waals surface area contributed by atoms with Crippen molar-refractivity contribution in [2.75, 3.05) is 0 Å². The van der Waals surface area contributed by atoms with Crippen molar-refractivity contribution in [2.24, 2.45) is 17.8 Å². The molecule has 0 radical (unpaired) electrons. The van der Waals surface area contributed by atoms with E-state index < -0.39 is 0 Å². The van der Waals surface area contributed by atoms with Gasteiger partial charge in [0.25, 0.3) is 0 Å². The van der Waals surface area contributed by atoms with E-state index in [0.717, 1.165) is 17.8 Å². The Morgan fingerprint density at radius 2 is 1.83 bits per heavy atom. The number of allylic oxidation sites excluding steroid dienone is 2. The molecular weight excluding hydrogens is 216 g/mol. The summed E-state index contributed by atoms with van der Waals surface area (Å²) in [5.74, 6) is 2.84. The molecule has 0 heterocycles. The van der Waals surface area contributed by atoms with Crippen LogP contribution in [0.15, 0.2) is 12.2 Å². The Labute approximate surface area is 115 Å². The van der Waals surface area contributed by atoms with E-state index in [1.165, 1.54) is 64.2 Å². The first-order valence-corrected chi connectivity index (χ1v) is 8.44. The summed E-state index contributed by atoms with van der Waals surface area (Å²) in [7, 11) is 0. The molecule has 0 aliphatic heterocycles. The first-order valence-electron chi connectivity index (χ1n) is 8.44. The minimum absolute atomic E-state index is 0.916. The van der Waals surface area contributed by atoms with Gasteiger partial charge in [0.2, 0.25) is 0 Å². The predicted octanol–water partition coefficient (Wildman–Crippen LogP) is 6.37. The van der Waals surface area contributed by atoms with E-state index in [4.69, 9.17) is 0 Å². The molecule has 0 aromatic carbocycles. The largest absolute Gasteiger partial charge is 0.0880 e. The van der Waals surface area contributed by atoms with Crippen LogP contribution in [0.4, 0.5) is 0 Å². The third-order valence-corrected chi connectivity index (χ3v) is 4.77. The quantitative estimate of drug-likeness (QED) is 0.312. The Morgan fingerprint density at radius 3 is 2.56 bits per heavy atom. The Bertz CT molecular complexity index is 216. The summed E-state index contributed by atoms with van der Waals surface area (Å²) in [6, 6.07) is 0. The van der Waals surface area contributed by atoms with Gasteiger partial charge in [-0.3, -0.25) is 0 Å². The molecule has 1 aliphatic carbocycles. The van der Waals surface area contributed by atoms with E-state index in [9.17, 15) is 0 Å². The van der Waals surface area contributed by atoms with Gasteiger partial charge in [0.1, 0.15) is 0 Å². The zero-order valence-electron chi connectivity index (χ0n) is 13.0. The van der Waals surface area contributed by atoms with Crippen molar-refractivity contribution in [2.45, 2.75) is 85.0 Å². The lowest BCUT2D eigenvalue weighted by Crippen LogP contribution is -2.07. The van der Waals surface area contributed by atoms with Crippen molar-refractivity contribution in [1.82, 2.24) is 0 Å². The van der Waals surface area contributed by atoms with Crippen molar-refractivity contribution in [3.63, 3.8) is 0 Å². The molecule has 0 heteroatoms. The summed E-state index contributed by atoms with van der Waals surface area (Å²) in [5, 5.41) is 0. The van der Waals surface area contributed by atoms with Crippen LogP contribution in [0.25, 0.3) is 0 Å². The van der Waals surface area contributed by atoms with Crippen molar-refractivity contribution >= 4 is 0 Å². The van der Waals surface area contributed by atoms with Crippen LogP contribution >= 0.6 is 0 Å². The van der Waals surface area contributed by atoms with Gasteiger partial charge in [-0.05, 0) is 37.0 Å². The highest BCUT2D eigenvalue weighted by molar-refractivity contribution is 5.00. The van der Waals surface area contributed by atoms with E-state index >= 15 is 0 Å². The summed E-state index contributed by atoms with van der Waals surface area (Å²) >= 11 is 0. The van der Waals surface area contributed by atoms with Gasteiger partial charge in [-0.25, -0.2) is 0 Å². The van der Waals surface area contributed by atoms with E-state index in [1.54, 1.807) is 0 Å². The van der Waals surface area contributed by atoms with Crippen LogP contribution in [0.2, 0.25) is 0 Å². The zero-order chi connectivity index (χ0) is 13.2. The Kier molecular flexibility index (Phi) is 8.46. The maximum absolute atomic E-state index is 2.50. The minimum Gasteiger partial charge on any atom is -0.0880 e. The molecule has 0 saturated carbocycles. The molecule has 0 bridgehead atoms. The zero-order valence-corrected chi connectivity index (χ0v) is 13.0. The minimum atomic E-state index is 0.916. The Hall–Kier alpha value is -0.260. The molecule has 0 fully saturated rings. The SMILES string of the molecule is CCCC1CC=CC1CCCCCCC(C)CC. The monoisotopic (exact) mass is 250 g/mol. The molecular formula is C18H34. The fourth-order valence-electron chi connectivity index (χ4n) is 3.23. The van der Waals surface area contributed by atoms with E-state index in [2.05, 4.69) is 32.9 Å². The second-order valence-electron chi connectivity index (χ2n) is 6.38. The van der Waals surface area contributed by atoms with Gasteiger partial charge in [-0.2, -0.15) is 0 Å². The standard InChI is InChI=1S/C18H34/c1-4-11-17-14-10-15-18(17)13-9-7-6-8-12-16(3)5-2/h10,15-18H,4-9,11-14H2,1-3H3. The Morgan fingerprint density at radius 1 is 1.06 bits per heavy atom. The smallest absolute Gasteiger partial charge is 0.0202 e. The number of hydrogen-bond acceptors (Lipinski definition) is 0. The van der Waals surface area contributed by atoms with Crippen LogP contribution in [0.1, 0.15) is 85.0 Å². The molecule has 0 N–H and O–H groups in total. The molecule has 0 nitrogen and oxygen atoms in total. The van der Waals surface area contributed by atoms with Gasteiger partial charge >= 0.3 is 0 Å². The highest BCUT2D eigenvalue weighted by Crippen LogP contribution is 2.33. The van der Waals surface area contributed by atoms with Crippen LogP contribution < -0.4 is 0 Å². The molecule has 0 amide bonds. The van der Waals surface area contributed by atoms with E-state index in [-0.39, 0.29) is 0 Å². The second-order valence-corrected chi connectivity index (χ2v) is 6.38. The summed E-state index contributed by atoms with van der Waals surface area (Å²) in [4.78, 5) is 0. The molecule has 0 aromatic rings. The maximum Gasteiger partial charge on any atom is -0.0202 e. The van der Waals surface area contributed by atoms with E-state index in [0.29, 0.717) is 0 Å². The van der Waals surface area contributed by atoms with Gasteiger partial charge in [-0.15, -0.1) is 0 Å². The van der Waals surface area contributed by atoms with Crippen LogP contribution in [0.3, 0.4) is 0 Å². The average molecular weight is 250 g/mol. The molecule has 106 valence electrons. The van der Waals surface area contributed by atoms with Gasteiger partial charge in [-0.1, -0.05) is 77.9 Å². The molecule has 1 rings (SSSR count). The lowest BCUT2D eigenvalue weighted by Gasteiger charge is -2.18. The topological polar surface area (TPSA) is 0 Å². The summed E-state index contributed by atoms with van der Waals surface area (Å²) in [6.45, 7) is 7.02. The van der Waals surface area contributed by atoms with Crippen LogP contribution in [0.5, 0.6) is 0 Å². The number of unbranched alkanes of at least 4 members (excludes halogenated alkanes) is 3. The molecule has 1 aliphatic rings. The number of rotatable bonds is 10. The molecule has 3 unspecified atom stereocenters. The second kappa shape index (κ2) is 9.64. The normalized spacial score (nSPS) is 24.6. The average Bonchev–Trinajstić information content (AvgIpc) is 2.81. The highest BCUT2D eigenvalue weighted by Gasteiger charge is 2.20. The lowest BCUT2D eigenvalue weighted by atomic mass is 9.87. The van der Waals surface area contributed by atoms with Gasteiger partial charge in [0, 0.05) is 0 Å². The first-order chi connectivity index (χ1) is 8.77. The van der Waals surface area contributed by atoms with Gasteiger partial charge < -0.3 is 0 Å². The van der Waals surface area contributed by atoms with Crippen LogP contribution in [-0.4, -0.2) is 0 Å². The van der Waals surface area contributed by atoms with Gasteiger partial charge in [0.05, 0.1) is 0 Å². The highest BCUT2D eigenvalue weighted by atomic mass is 14.3. The molecule has 3 atom stereocenters. The maximum atomic E-state index is 2.50. The van der Waals surface area contributed by atoms with Gasteiger partial charge in [0.15, 0.2) is 0 Å². The van der Waals surface area contributed by atoms with Crippen LogP contribution in [-0.2, 0) is 0 Å². The third kappa shape index (κ3) is 6.07. The number of hydrogen-bond donors (Lipinski definition) is 0. The van der Waals surface area contributed by atoms with Crippen molar-refractivity contribution < 1.29 is 0 Å². The fourth-order valence-corrected chi connectivity index (χ4v) is 3.23. The van der Waals surface area contributed by atoms with Crippen LogP contribution in [0, 0.1) is 17.8 Å². The molecule has 0 spiro atoms.